The van der Waals surface area contributed by atoms with E-state index in [-0.39, 0.29) is 6.42 Å². The van der Waals surface area contributed by atoms with Crippen molar-refractivity contribution in [2.45, 2.75) is 44.8 Å². The second-order valence-electron chi connectivity index (χ2n) is 3.29. The lowest BCUT2D eigenvalue weighted by Crippen LogP contribution is -2.29. The van der Waals surface area contributed by atoms with Crippen molar-refractivity contribution in [3.63, 3.8) is 0 Å². The van der Waals surface area contributed by atoms with E-state index in [0.29, 0.717) is 25.5 Å². The Kier molecular flexibility index (Phi) is 12.6. The van der Waals surface area contributed by atoms with Crippen LogP contribution in [0.4, 0.5) is 0 Å². The molecule has 0 fully saturated rings. The Balaban J connectivity index is 0. The van der Waals surface area contributed by atoms with Crippen LogP contribution in [-0.2, 0) is 14.4 Å². The zero-order chi connectivity index (χ0) is 13.0. The molecule has 94 valence electrons. The smallest absolute Gasteiger partial charge is 0.320 e. The molecule has 0 aromatic rings. The summed E-state index contributed by atoms with van der Waals surface area (Å²) < 4.78 is 0. The maximum Gasteiger partial charge on any atom is 0.320 e. The van der Waals surface area contributed by atoms with Crippen LogP contribution in [0.1, 0.15) is 32.6 Å². The van der Waals surface area contributed by atoms with Crippen molar-refractivity contribution in [2.24, 2.45) is 5.73 Å². The first-order valence-corrected chi connectivity index (χ1v) is 4.99. The number of carboxylic acids is 1. The molecule has 0 aliphatic carbocycles. The Labute approximate surface area is 94.4 Å². The topological polar surface area (TPSA) is 118 Å². The second kappa shape index (κ2) is 11.8. The van der Waals surface area contributed by atoms with Crippen molar-refractivity contribution in [1.29, 1.82) is 0 Å². The summed E-state index contributed by atoms with van der Waals surface area (Å²) in [5, 5.41) is 16.6. The van der Waals surface area contributed by atoms with Crippen molar-refractivity contribution in [1.82, 2.24) is 0 Å². The van der Waals surface area contributed by atoms with Gasteiger partial charge in [0.1, 0.15) is 18.6 Å². The summed E-state index contributed by atoms with van der Waals surface area (Å²) in [6.07, 6.45) is 2.55. The summed E-state index contributed by atoms with van der Waals surface area (Å²) in [6.45, 7) is 1.58. The highest BCUT2D eigenvalue weighted by Gasteiger charge is 2.09. The van der Waals surface area contributed by atoms with Gasteiger partial charge in [0.25, 0.3) is 0 Å². The van der Waals surface area contributed by atoms with Crippen LogP contribution >= 0.6 is 0 Å². The number of hydrogen-bond acceptors (Lipinski definition) is 5. The lowest BCUT2D eigenvalue weighted by molar-refractivity contribution is -0.138. The number of unbranched alkanes of at least 4 members (excludes halogenated alkanes) is 1. The van der Waals surface area contributed by atoms with E-state index in [1.54, 1.807) is 6.92 Å². The molecule has 0 saturated carbocycles. The molecular weight excluding hydrogens is 214 g/mol. The largest absolute Gasteiger partial charge is 0.480 e. The van der Waals surface area contributed by atoms with Gasteiger partial charge in [-0.3, -0.25) is 4.79 Å². The van der Waals surface area contributed by atoms with Crippen LogP contribution in [0.3, 0.4) is 0 Å². The van der Waals surface area contributed by atoms with E-state index in [0.717, 1.165) is 6.29 Å². The number of carboxylic acid groups (broad SMARTS) is 1. The maximum absolute atomic E-state index is 10.1. The Morgan fingerprint density at radius 1 is 1.38 bits per heavy atom. The predicted octanol–water partition coefficient (Wildman–Crippen LogP) is -0.276. The summed E-state index contributed by atoms with van der Waals surface area (Å²) in [7, 11) is 0. The van der Waals surface area contributed by atoms with Crippen LogP contribution in [0.2, 0.25) is 0 Å². The van der Waals surface area contributed by atoms with Gasteiger partial charge in [0.15, 0.2) is 0 Å². The van der Waals surface area contributed by atoms with Crippen molar-refractivity contribution >= 4 is 18.5 Å². The number of carbonyl (C=O) groups excluding carboxylic acids is 2. The molecule has 2 atom stereocenters. The van der Waals surface area contributed by atoms with Gasteiger partial charge in [-0.2, -0.15) is 0 Å². The van der Waals surface area contributed by atoms with Crippen molar-refractivity contribution in [2.75, 3.05) is 0 Å². The summed E-state index contributed by atoms with van der Waals surface area (Å²) in [5.74, 6) is -1.01. The molecule has 0 bridgehead atoms. The van der Waals surface area contributed by atoms with Crippen molar-refractivity contribution in [3.8, 4) is 0 Å². The van der Waals surface area contributed by atoms with Gasteiger partial charge >= 0.3 is 5.97 Å². The number of nitrogens with two attached hydrogens (primary N) is 1. The van der Waals surface area contributed by atoms with Crippen LogP contribution < -0.4 is 5.73 Å². The van der Waals surface area contributed by atoms with Gasteiger partial charge in [0.2, 0.25) is 0 Å². The first-order valence-electron chi connectivity index (χ1n) is 4.99. The van der Waals surface area contributed by atoms with Crippen LogP contribution in [0, 0.1) is 0 Å². The minimum Gasteiger partial charge on any atom is -0.480 e. The highest BCUT2D eigenvalue weighted by molar-refractivity contribution is 5.73. The third-order valence-corrected chi connectivity index (χ3v) is 1.59. The lowest BCUT2D eigenvalue weighted by atomic mass is 10.1. The molecule has 0 rings (SSSR count). The van der Waals surface area contributed by atoms with Crippen molar-refractivity contribution < 1.29 is 24.6 Å². The molecular formula is C10H19NO5. The van der Waals surface area contributed by atoms with E-state index in [1.807, 2.05) is 0 Å². The van der Waals surface area contributed by atoms with E-state index < -0.39 is 18.1 Å². The van der Waals surface area contributed by atoms with Gasteiger partial charge in [0, 0.05) is 12.8 Å². The molecule has 0 heterocycles. The highest BCUT2D eigenvalue weighted by Crippen LogP contribution is 1.96. The fraction of sp³-hybridized carbons (Fsp3) is 0.700. The number of aliphatic hydroxyl groups is 1. The van der Waals surface area contributed by atoms with Gasteiger partial charge in [-0.05, 0) is 19.8 Å². The summed E-state index contributed by atoms with van der Waals surface area (Å²) in [5.41, 5.74) is 5.14. The van der Waals surface area contributed by atoms with Crippen LogP contribution in [0.25, 0.3) is 0 Å². The zero-order valence-corrected chi connectivity index (χ0v) is 9.33. The molecule has 0 aliphatic heterocycles. The molecule has 0 radical (unpaired) electrons. The Bertz CT molecular complexity index is 205. The summed E-state index contributed by atoms with van der Waals surface area (Å²) >= 11 is 0. The second-order valence-corrected chi connectivity index (χ2v) is 3.29. The average molecular weight is 233 g/mol. The van der Waals surface area contributed by atoms with E-state index in [9.17, 15) is 14.4 Å². The normalized spacial score (nSPS) is 12.9. The third-order valence-electron chi connectivity index (χ3n) is 1.59. The Morgan fingerprint density at radius 2 is 1.94 bits per heavy atom. The van der Waals surface area contributed by atoms with E-state index >= 15 is 0 Å². The molecule has 4 N–H and O–H groups in total. The monoisotopic (exact) mass is 233 g/mol. The number of aliphatic hydroxyl groups excluding tert-OH is 1. The van der Waals surface area contributed by atoms with Crippen LogP contribution in [0.5, 0.6) is 0 Å². The SMILES string of the molecule is CC(O)CC=O.NC(CCCC=O)C(=O)O. The number of rotatable bonds is 7. The molecule has 6 heteroatoms. The minimum absolute atomic E-state index is 0.250. The number of aliphatic carboxylic acids is 1. The third kappa shape index (κ3) is 15.2. The first kappa shape index (κ1) is 17.1. The van der Waals surface area contributed by atoms with Gasteiger partial charge < -0.3 is 25.5 Å². The molecule has 0 amide bonds. The standard InChI is InChI=1S/C6H11NO3.C4H8O2/c7-5(6(9)10)3-1-2-4-8;1-4(6)2-3-5/h4-5H,1-3,7H2,(H,9,10);3-4,6H,2H2,1H3. The highest BCUT2D eigenvalue weighted by atomic mass is 16.4. The van der Waals surface area contributed by atoms with Gasteiger partial charge in [-0.25, -0.2) is 0 Å². The minimum atomic E-state index is -1.01. The Hall–Kier alpha value is -1.27. The maximum atomic E-state index is 10.1. The van der Waals surface area contributed by atoms with Crippen molar-refractivity contribution in [3.05, 3.63) is 0 Å². The predicted molar refractivity (Wildman–Crippen MR) is 57.9 cm³/mol. The van der Waals surface area contributed by atoms with E-state index in [2.05, 4.69) is 0 Å². The van der Waals surface area contributed by atoms with Gasteiger partial charge in [-0.15, -0.1) is 0 Å². The molecule has 2 unspecified atom stereocenters. The summed E-state index contributed by atoms with van der Waals surface area (Å²) in [6, 6.07) is -0.819. The lowest BCUT2D eigenvalue weighted by Gasteiger charge is -2.02. The molecule has 0 aromatic carbocycles. The molecule has 16 heavy (non-hydrogen) atoms. The fourth-order valence-corrected chi connectivity index (χ4v) is 0.684. The fourth-order valence-electron chi connectivity index (χ4n) is 0.684. The average Bonchev–Trinajstić information content (AvgIpc) is 2.18. The number of carbonyl (C=O) groups is 3. The van der Waals surface area contributed by atoms with E-state index in [1.165, 1.54) is 0 Å². The quantitative estimate of drug-likeness (QED) is 0.411. The van der Waals surface area contributed by atoms with Crippen LogP contribution in [-0.4, -0.2) is 40.9 Å². The molecule has 0 aliphatic rings. The van der Waals surface area contributed by atoms with Gasteiger partial charge in [0.05, 0.1) is 6.10 Å². The summed E-state index contributed by atoms with van der Waals surface area (Å²) in [4.78, 5) is 29.3. The number of hydrogen-bond donors (Lipinski definition) is 3. The zero-order valence-electron chi connectivity index (χ0n) is 9.33. The molecule has 0 aromatic heterocycles. The van der Waals surface area contributed by atoms with Crippen LogP contribution in [0.15, 0.2) is 0 Å². The first-order chi connectivity index (χ1) is 7.45. The Morgan fingerprint density at radius 3 is 2.19 bits per heavy atom. The van der Waals surface area contributed by atoms with E-state index in [4.69, 9.17) is 15.9 Å². The molecule has 0 saturated heterocycles. The van der Waals surface area contributed by atoms with Gasteiger partial charge in [-0.1, -0.05) is 0 Å². The number of aldehydes is 2. The molecule has 0 spiro atoms. The molecule has 6 nitrogen and oxygen atoms in total.